The summed E-state index contributed by atoms with van der Waals surface area (Å²) in [6.45, 7) is 1.66. The maximum atomic E-state index is 13.0. The van der Waals surface area contributed by atoms with Gasteiger partial charge in [-0.25, -0.2) is 13.8 Å². The second kappa shape index (κ2) is 5.32. The van der Waals surface area contributed by atoms with Crippen LogP contribution in [0, 0.1) is 18.6 Å². The van der Waals surface area contributed by atoms with Gasteiger partial charge in [0.1, 0.15) is 16.8 Å². The molecular weight excluding hydrogens is 274 g/mol. The molecule has 0 aliphatic rings. The number of benzene rings is 1. The molecule has 6 heteroatoms. The maximum Gasteiger partial charge on any atom is 0.255 e. The molecule has 0 aliphatic carbocycles. The number of aromatic nitrogens is 1. The van der Waals surface area contributed by atoms with Crippen LogP contribution >= 0.6 is 11.6 Å². The van der Waals surface area contributed by atoms with E-state index in [1.54, 1.807) is 13.0 Å². The number of rotatable bonds is 2. The molecule has 0 spiro atoms. The number of amides is 1. The van der Waals surface area contributed by atoms with Gasteiger partial charge in [-0.1, -0.05) is 11.6 Å². The van der Waals surface area contributed by atoms with Crippen molar-refractivity contribution >= 4 is 23.2 Å². The number of carbonyl (C=O) groups excluding carboxylic acids is 1. The van der Waals surface area contributed by atoms with E-state index in [-0.39, 0.29) is 5.56 Å². The third-order valence-electron chi connectivity index (χ3n) is 2.42. The Balaban J connectivity index is 2.25. The lowest BCUT2D eigenvalue weighted by atomic mass is 10.2. The molecule has 1 amide bonds. The molecule has 1 heterocycles. The molecule has 0 aliphatic heterocycles. The SMILES string of the molecule is Cc1nc(Cl)ccc1NC(=O)c1cc(F)cc(F)c1. The minimum absolute atomic E-state index is 0.105. The molecule has 1 aromatic carbocycles. The summed E-state index contributed by atoms with van der Waals surface area (Å²) in [6.07, 6.45) is 0. The Kier molecular flexibility index (Phi) is 3.76. The van der Waals surface area contributed by atoms with E-state index < -0.39 is 17.5 Å². The zero-order chi connectivity index (χ0) is 14.0. The average Bonchev–Trinajstić information content (AvgIpc) is 2.31. The predicted octanol–water partition coefficient (Wildman–Crippen LogP) is 3.57. The number of pyridine rings is 1. The first-order valence-electron chi connectivity index (χ1n) is 5.36. The van der Waals surface area contributed by atoms with Crippen LogP contribution < -0.4 is 5.32 Å². The van der Waals surface area contributed by atoms with Gasteiger partial charge in [-0.2, -0.15) is 0 Å². The molecule has 98 valence electrons. The fraction of sp³-hybridized carbons (Fsp3) is 0.0769. The van der Waals surface area contributed by atoms with Crippen molar-refractivity contribution in [2.24, 2.45) is 0 Å². The van der Waals surface area contributed by atoms with Gasteiger partial charge in [0.15, 0.2) is 0 Å². The molecule has 1 aromatic heterocycles. The lowest BCUT2D eigenvalue weighted by molar-refractivity contribution is 0.102. The minimum Gasteiger partial charge on any atom is -0.320 e. The highest BCUT2D eigenvalue weighted by Crippen LogP contribution is 2.17. The van der Waals surface area contributed by atoms with Crippen molar-refractivity contribution in [1.82, 2.24) is 4.98 Å². The Hall–Kier alpha value is -2.01. The molecule has 0 unspecified atom stereocenters. The molecule has 0 radical (unpaired) electrons. The predicted molar refractivity (Wildman–Crippen MR) is 68.3 cm³/mol. The van der Waals surface area contributed by atoms with Gasteiger partial charge in [0.05, 0.1) is 11.4 Å². The molecule has 0 bridgehead atoms. The van der Waals surface area contributed by atoms with Crippen LogP contribution in [0.3, 0.4) is 0 Å². The monoisotopic (exact) mass is 282 g/mol. The zero-order valence-corrected chi connectivity index (χ0v) is 10.6. The molecule has 1 N–H and O–H groups in total. The van der Waals surface area contributed by atoms with E-state index in [9.17, 15) is 13.6 Å². The van der Waals surface area contributed by atoms with E-state index in [1.807, 2.05) is 0 Å². The maximum absolute atomic E-state index is 13.0. The summed E-state index contributed by atoms with van der Waals surface area (Å²) in [7, 11) is 0. The van der Waals surface area contributed by atoms with Gasteiger partial charge in [0.25, 0.3) is 5.91 Å². The van der Waals surface area contributed by atoms with Crippen molar-refractivity contribution in [3.05, 3.63) is 58.4 Å². The molecule has 0 atom stereocenters. The van der Waals surface area contributed by atoms with Crippen LogP contribution in [0.25, 0.3) is 0 Å². The number of aryl methyl sites for hydroxylation is 1. The number of nitrogens with zero attached hydrogens (tertiary/aromatic N) is 1. The van der Waals surface area contributed by atoms with Crippen LogP contribution in [-0.4, -0.2) is 10.9 Å². The summed E-state index contributed by atoms with van der Waals surface area (Å²) in [6, 6.07) is 5.69. The topological polar surface area (TPSA) is 42.0 Å². The summed E-state index contributed by atoms with van der Waals surface area (Å²) < 4.78 is 26.0. The van der Waals surface area contributed by atoms with Crippen LogP contribution in [0.1, 0.15) is 16.1 Å². The number of halogens is 3. The smallest absolute Gasteiger partial charge is 0.255 e. The Bertz CT molecular complexity index is 626. The summed E-state index contributed by atoms with van der Waals surface area (Å²) in [5.41, 5.74) is 0.837. The van der Waals surface area contributed by atoms with Gasteiger partial charge >= 0.3 is 0 Å². The Morgan fingerprint density at radius 2 is 1.84 bits per heavy atom. The summed E-state index contributed by atoms with van der Waals surface area (Å²) in [5.74, 6) is -2.24. The Morgan fingerprint density at radius 3 is 2.42 bits per heavy atom. The standard InChI is InChI=1S/C13H9ClF2N2O/c1-7-11(2-3-12(14)17-7)18-13(19)8-4-9(15)6-10(16)5-8/h2-6H,1H3,(H,18,19). The number of hydrogen-bond donors (Lipinski definition) is 1. The minimum atomic E-state index is -0.809. The fourth-order valence-electron chi connectivity index (χ4n) is 1.54. The highest BCUT2D eigenvalue weighted by molar-refractivity contribution is 6.29. The van der Waals surface area contributed by atoms with E-state index in [2.05, 4.69) is 10.3 Å². The van der Waals surface area contributed by atoms with E-state index in [0.717, 1.165) is 12.1 Å². The summed E-state index contributed by atoms with van der Waals surface area (Å²) >= 11 is 5.69. The lowest BCUT2D eigenvalue weighted by Gasteiger charge is -2.08. The molecule has 2 aromatic rings. The Labute approximate surface area is 113 Å². The highest BCUT2D eigenvalue weighted by Gasteiger charge is 2.11. The zero-order valence-electron chi connectivity index (χ0n) is 9.88. The largest absolute Gasteiger partial charge is 0.320 e. The van der Waals surface area contributed by atoms with Gasteiger partial charge < -0.3 is 5.32 Å². The van der Waals surface area contributed by atoms with Crippen molar-refractivity contribution in [3.8, 4) is 0 Å². The van der Waals surface area contributed by atoms with Gasteiger partial charge in [-0.3, -0.25) is 4.79 Å². The van der Waals surface area contributed by atoms with Gasteiger partial charge in [-0.15, -0.1) is 0 Å². The normalized spacial score (nSPS) is 10.3. The molecule has 19 heavy (non-hydrogen) atoms. The molecule has 0 saturated carbocycles. The first-order valence-corrected chi connectivity index (χ1v) is 5.74. The fourth-order valence-corrected chi connectivity index (χ4v) is 1.73. The molecule has 2 rings (SSSR count). The number of anilines is 1. The second-order valence-corrected chi connectivity index (χ2v) is 4.27. The number of carbonyl (C=O) groups is 1. The molecule has 0 fully saturated rings. The van der Waals surface area contributed by atoms with Crippen LogP contribution in [0.4, 0.5) is 14.5 Å². The van der Waals surface area contributed by atoms with E-state index in [4.69, 9.17) is 11.6 Å². The number of hydrogen-bond acceptors (Lipinski definition) is 2. The van der Waals surface area contributed by atoms with Gasteiger partial charge in [0, 0.05) is 11.6 Å². The molecular formula is C13H9ClF2N2O. The third-order valence-corrected chi connectivity index (χ3v) is 2.64. The summed E-state index contributed by atoms with van der Waals surface area (Å²) in [5, 5.41) is 2.81. The highest BCUT2D eigenvalue weighted by atomic mass is 35.5. The average molecular weight is 283 g/mol. The van der Waals surface area contributed by atoms with Crippen molar-refractivity contribution in [2.45, 2.75) is 6.92 Å². The van der Waals surface area contributed by atoms with E-state index >= 15 is 0 Å². The van der Waals surface area contributed by atoms with Crippen LogP contribution in [0.15, 0.2) is 30.3 Å². The van der Waals surface area contributed by atoms with Gasteiger partial charge in [-0.05, 0) is 31.2 Å². The van der Waals surface area contributed by atoms with Crippen molar-refractivity contribution in [3.63, 3.8) is 0 Å². The van der Waals surface area contributed by atoms with E-state index in [1.165, 1.54) is 6.07 Å². The van der Waals surface area contributed by atoms with E-state index in [0.29, 0.717) is 22.6 Å². The van der Waals surface area contributed by atoms with Crippen LogP contribution in [-0.2, 0) is 0 Å². The molecule has 3 nitrogen and oxygen atoms in total. The quantitative estimate of drug-likeness (QED) is 0.856. The second-order valence-electron chi connectivity index (χ2n) is 3.88. The van der Waals surface area contributed by atoms with Gasteiger partial charge in [0.2, 0.25) is 0 Å². The van der Waals surface area contributed by atoms with Crippen LogP contribution in [0.5, 0.6) is 0 Å². The van der Waals surface area contributed by atoms with Crippen LogP contribution in [0.2, 0.25) is 5.15 Å². The summed E-state index contributed by atoms with van der Waals surface area (Å²) in [4.78, 5) is 15.8. The first kappa shape index (κ1) is 13.4. The van der Waals surface area contributed by atoms with Crippen molar-refractivity contribution in [2.75, 3.05) is 5.32 Å². The van der Waals surface area contributed by atoms with Crippen molar-refractivity contribution in [1.29, 1.82) is 0 Å². The molecule has 0 saturated heterocycles. The lowest BCUT2D eigenvalue weighted by Crippen LogP contribution is -2.13. The van der Waals surface area contributed by atoms with Crippen molar-refractivity contribution < 1.29 is 13.6 Å². The number of nitrogens with one attached hydrogen (secondary N) is 1. The Morgan fingerprint density at radius 1 is 1.21 bits per heavy atom. The first-order chi connectivity index (χ1) is 8.95. The third kappa shape index (κ3) is 3.26.